The van der Waals surface area contributed by atoms with Crippen LogP contribution in [0.3, 0.4) is 0 Å². The molecule has 2 aliphatic rings. The molecule has 0 N–H and O–H groups in total. The highest BCUT2D eigenvalue weighted by Crippen LogP contribution is 2.55. The van der Waals surface area contributed by atoms with Crippen LogP contribution in [0.5, 0.6) is 23.0 Å². The van der Waals surface area contributed by atoms with Gasteiger partial charge in [-0.2, -0.15) is 0 Å². The molecule has 1 saturated heterocycles. The van der Waals surface area contributed by atoms with Crippen molar-refractivity contribution in [2.75, 3.05) is 27.9 Å². The zero-order valence-electron chi connectivity index (χ0n) is 15.1. The van der Waals surface area contributed by atoms with Gasteiger partial charge in [0.25, 0.3) is 0 Å². The van der Waals surface area contributed by atoms with E-state index in [2.05, 4.69) is 0 Å². The van der Waals surface area contributed by atoms with Crippen molar-refractivity contribution in [1.29, 1.82) is 0 Å². The first-order valence-corrected chi connectivity index (χ1v) is 8.30. The normalized spacial score (nSPS) is 23.2. The molecule has 6 nitrogen and oxygen atoms in total. The predicted molar refractivity (Wildman–Crippen MR) is 93.7 cm³/mol. The lowest BCUT2D eigenvalue weighted by Crippen LogP contribution is -2.37. The van der Waals surface area contributed by atoms with Crippen LogP contribution >= 0.6 is 0 Å². The first kappa shape index (κ1) is 16.7. The Balaban J connectivity index is 1.66. The van der Waals surface area contributed by atoms with Crippen LogP contribution in [0.2, 0.25) is 0 Å². The monoisotopic (exact) mass is 356 g/mol. The Hall–Kier alpha value is -2.73. The van der Waals surface area contributed by atoms with Crippen LogP contribution in [0, 0.1) is 6.92 Å². The number of hydrogen-bond donors (Lipinski definition) is 0. The van der Waals surface area contributed by atoms with Crippen molar-refractivity contribution in [2.24, 2.45) is 0 Å². The molecule has 6 heteroatoms. The third kappa shape index (κ3) is 2.33. The number of carbonyl (C=O) groups is 1. The molecule has 0 radical (unpaired) electrons. The van der Waals surface area contributed by atoms with Crippen LogP contribution in [-0.4, -0.2) is 39.3 Å². The first-order valence-electron chi connectivity index (χ1n) is 8.30. The van der Waals surface area contributed by atoms with E-state index in [1.165, 1.54) is 0 Å². The highest BCUT2D eigenvalue weighted by molar-refractivity contribution is 6.08. The Morgan fingerprint density at radius 3 is 2.42 bits per heavy atom. The van der Waals surface area contributed by atoms with E-state index in [-0.39, 0.29) is 18.5 Å². The van der Waals surface area contributed by atoms with Gasteiger partial charge in [-0.05, 0) is 36.2 Å². The van der Waals surface area contributed by atoms with E-state index in [4.69, 9.17) is 23.7 Å². The van der Waals surface area contributed by atoms with E-state index in [0.717, 1.165) is 11.1 Å². The fourth-order valence-corrected chi connectivity index (χ4v) is 3.48. The highest BCUT2D eigenvalue weighted by atomic mass is 16.6. The van der Waals surface area contributed by atoms with E-state index in [0.29, 0.717) is 28.6 Å². The molecule has 0 amide bonds. The average molecular weight is 356 g/mol. The van der Waals surface area contributed by atoms with Crippen LogP contribution in [0.15, 0.2) is 30.3 Å². The van der Waals surface area contributed by atoms with E-state index >= 15 is 0 Å². The molecule has 2 aromatic carbocycles. The lowest BCUT2D eigenvalue weighted by Gasteiger charge is -2.23. The molecule has 136 valence electrons. The number of rotatable bonds is 4. The van der Waals surface area contributed by atoms with Gasteiger partial charge in [-0.25, -0.2) is 0 Å². The summed E-state index contributed by atoms with van der Waals surface area (Å²) >= 11 is 0. The third-order valence-electron chi connectivity index (χ3n) is 4.97. The number of fused-ring (bicyclic) bond motifs is 1. The summed E-state index contributed by atoms with van der Waals surface area (Å²) in [6.07, 6.45) is -0.370. The van der Waals surface area contributed by atoms with Crippen LogP contribution in [0.25, 0.3) is 0 Å². The maximum atomic E-state index is 13.1. The molecular weight excluding hydrogens is 336 g/mol. The minimum atomic E-state index is -0.979. The quantitative estimate of drug-likeness (QED) is 0.784. The van der Waals surface area contributed by atoms with Gasteiger partial charge in [-0.1, -0.05) is 6.07 Å². The molecule has 2 heterocycles. The summed E-state index contributed by atoms with van der Waals surface area (Å²) in [6, 6.07) is 9.07. The zero-order valence-corrected chi connectivity index (χ0v) is 15.1. The second-order valence-corrected chi connectivity index (χ2v) is 6.44. The van der Waals surface area contributed by atoms with Crippen LogP contribution in [-0.2, 0) is 4.74 Å². The fraction of sp³-hybridized carbons (Fsp3) is 0.350. The summed E-state index contributed by atoms with van der Waals surface area (Å²) in [5, 5.41) is 0. The van der Waals surface area contributed by atoms with Gasteiger partial charge in [0.1, 0.15) is 24.2 Å². The Labute approximate surface area is 151 Å². The highest BCUT2D eigenvalue weighted by Gasteiger charge is 2.65. The van der Waals surface area contributed by atoms with Crippen LogP contribution in [0.1, 0.15) is 27.6 Å². The van der Waals surface area contributed by atoms with Crippen molar-refractivity contribution in [3.05, 3.63) is 47.0 Å². The number of benzene rings is 2. The minimum absolute atomic E-state index is 0.0655. The molecule has 26 heavy (non-hydrogen) atoms. The van der Waals surface area contributed by atoms with Crippen molar-refractivity contribution >= 4 is 5.78 Å². The van der Waals surface area contributed by atoms with E-state index in [1.807, 2.05) is 19.1 Å². The van der Waals surface area contributed by atoms with E-state index in [9.17, 15) is 4.79 Å². The van der Waals surface area contributed by atoms with Gasteiger partial charge >= 0.3 is 0 Å². The summed E-state index contributed by atoms with van der Waals surface area (Å²) in [6.45, 7) is 2.07. The molecule has 1 spiro atoms. The number of aryl methyl sites for hydroxylation is 1. The predicted octanol–water partition coefficient (Wildman–Crippen LogP) is 3.11. The Bertz CT molecular complexity index is 890. The smallest absolute Gasteiger partial charge is 0.205 e. The number of methoxy groups -OCH3 is 3. The van der Waals surface area contributed by atoms with Gasteiger partial charge in [0.05, 0.1) is 26.9 Å². The van der Waals surface area contributed by atoms with Gasteiger partial charge < -0.3 is 23.7 Å². The summed E-state index contributed by atoms with van der Waals surface area (Å²) in [5.74, 6) is 2.39. The number of ether oxygens (including phenoxy) is 5. The summed E-state index contributed by atoms with van der Waals surface area (Å²) in [7, 11) is 4.75. The average Bonchev–Trinajstić information content (AvgIpc) is 3.40. The van der Waals surface area contributed by atoms with Crippen LogP contribution < -0.4 is 18.9 Å². The Kier molecular flexibility index (Phi) is 3.80. The molecule has 2 atom stereocenters. The lowest BCUT2D eigenvalue weighted by atomic mass is 9.88. The number of hydrogen-bond acceptors (Lipinski definition) is 6. The van der Waals surface area contributed by atoms with Gasteiger partial charge in [0.15, 0.2) is 17.1 Å². The maximum absolute atomic E-state index is 13.1. The lowest BCUT2D eigenvalue weighted by molar-refractivity contribution is 0.0755. The number of epoxide rings is 1. The molecule has 0 aliphatic carbocycles. The maximum Gasteiger partial charge on any atom is 0.205 e. The molecular formula is C20H20O6. The van der Waals surface area contributed by atoms with Gasteiger partial charge in [-0.3, -0.25) is 4.79 Å². The Morgan fingerprint density at radius 1 is 1.00 bits per heavy atom. The second kappa shape index (κ2) is 5.92. The molecule has 1 fully saturated rings. The van der Waals surface area contributed by atoms with Gasteiger partial charge in [-0.15, -0.1) is 0 Å². The van der Waals surface area contributed by atoms with Crippen molar-refractivity contribution < 1.29 is 28.5 Å². The fourth-order valence-electron chi connectivity index (χ4n) is 3.48. The topological polar surface area (TPSA) is 66.5 Å². The SMILES string of the molecule is COc1cc2c(cc1C)C(=O)C1(CO2)OC1c1ccc(OC)c(OC)c1. The number of ketones is 1. The molecule has 2 unspecified atom stereocenters. The summed E-state index contributed by atoms with van der Waals surface area (Å²) in [5.41, 5.74) is 1.28. The van der Waals surface area contributed by atoms with Crippen molar-refractivity contribution in [2.45, 2.75) is 18.6 Å². The molecule has 4 rings (SSSR count). The van der Waals surface area contributed by atoms with Crippen molar-refractivity contribution in [3.8, 4) is 23.0 Å². The Morgan fingerprint density at radius 2 is 1.73 bits per heavy atom. The number of Topliss-reactive ketones (excluding diaryl/α,β-unsaturated/α-hetero) is 1. The van der Waals surface area contributed by atoms with Gasteiger partial charge in [0, 0.05) is 6.07 Å². The van der Waals surface area contributed by atoms with Crippen molar-refractivity contribution in [3.63, 3.8) is 0 Å². The minimum Gasteiger partial charge on any atom is -0.496 e. The first-order chi connectivity index (χ1) is 12.5. The summed E-state index contributed by atoms with van der Waals surface area (Å²) < 4.78 is 27.6. The van der Waals surface area contributed by atoms with Crippen molar-refractivity contribution in [1.82, 2.24) is 0 Å². The summed E-state index contributed by atoms with van der Waals surface area (Å²) in [4.78, 5) is 13.1. The molecule has 0 bridgehead atoms. The van der Waals surface area contributed by atoms with E-state index < -0.39 is 5.60 Å². The largest absolute Gasteiger partial charge is 0.496 e. The van der Waals surface area contributed by atoms with Gasteiger partial charge in [0.2, 0.25) is 5.78 Å². The molecule has 0 saturated carbocycles. The molecule has 2 aromatic rings. The molecule has 0 aromatic heterocycles. The number of carbonyl (C=O) groups excluding carboxylic acids is 1. The standard InChI is InChI=1S/C20H20O6/c1-11-7-13-16(9-15(11)23-3)25-10-20(18(13)21)19(26-20)12-5-6-14(22-2)17(8-12)24-4/h5-9,19H,10H2,1-4H3. The second-order valence-electron chi connectivity index (χ2n) is 6.44. The zero-order chi connectivity index (χ0) is 18.5. The third-order valence-corrected chi connectivity index (χ3v) is 4.97. The molecule has 2 aliphatic heterocycles. The van der Waals surface area contributed by atoms with E-state index in [1.54, 1.807) is 39.5 Å². The van der Waals surface area contributed by atoms with Crippen LogP contribution in [0.4, 0.5) is 0 Å².